The van der Waals surface area contributed by atoms with E-state index in [2.05, 4.69) is 5.32 Å². The SMILES string of the molecule is Cc1ccc(Cl)c(C(=O)Nc2cccc3c2C(=O)N([C@H](C2CC2)C(C)(C)O)C3)c1F. The molecule has 1 aliphatic carbocycles. The summed E-state index contributed by atoms with van der Waals surface area (Å²) >= 11 is 6.06. The molecule has 1 fully saturated rings. The quantitative estimate of drug-likeness (QED) is 0.731. The highest BCUT2D eigenvalue weighted by Gasteiger charge is 2.48. The van der Waals surface area contributed by atoms with E-state index in [1.54, 1.807) is 37.8 Å². The van der Waals surface area contributed by atoms with Gasteiger partial charge in [-0.15, -0.1) is 0 Å². The van der Waals surface area contributed by atoms with Crippen LogP contribution in [-0.4, -0.2) is 33.5 Å². The molecule has 30 heavy (non-hydrogen) atoms. The van der Waals surface area contributed by atoms with Crippen molar-refractivity contribution >= 4 is 29.1 Å². The highest BCUT2D eigenvalue weighted by atomic mass is 35.5. The van der Waals surface area contributed by atoms with Gasteiger partial charge >= 0.3 is 0 Å². The molecule has 0 radical (unpaired) electrons. The van der Waals surface area contributed by atoms with Crippen LogP contribution in [0.15, 0.2) is 30.3 Å². The lowest BCUT2D eigenvalue weighted by atomic mass is 9.93. The normalized spacial score (nSPS) is 17.1. The number of nitrogens with one attached hydrogen (secondary N) is 1. The number of benzene rings is 2. The van der Waals surface area contributed by atoms with Crippen LogP contribution in [0.2, 0.25) is 5.02 Å². The Kier molecular flexibility index (Phi) is 5.11. The van der Waals surface area contributed by atoms with Gasteiger partial charge < -0.3 is 15.3 Å². The summed E-state index contributed by atoms with van der Waals surface area (Å²) in [5.41, 5.74) is 0.479. The van der Waals surface area contributed by atoms with E-state index in [1.165, 1.54) is 12.1 Å². The smallest absolute Gasteiger partial charge is 0.260 e. The Hall–Kier alpha value is -2.44. The largest absolute Gasteiger partial charge is 0.388 e. The van der Waals surface area contributed by atoms with Gasteiger partial charge in [-0.3, -0.25) is 9.59 Å². The molecule has 0 unspecified atom stereocenters. The first kappa shape index (κ1) is 20.8. The number of hydrogen-bond donors (Lipinski definition) is 2. The molecule has 2 aromatic rings. The molecular formula is C23H24ClFN2O3. The number of aliphatic hydroxyl groups is 1. The fourth-order valence-corrected chi connectivity index (χ4v) is 4.62. The second-order valence-corrected chi connectivity index (χ2v) is 9.12. The third-order valence-electron chi connectivity index (χ3n) is 5.85. The van der Waals surface area contributed by atoms with Crippen molar-refractivity contribution in [3.63, 3.8) is 0 Å². The molecule has 0 bridgehead atoms. The van der Waals surface area contributed by atoms with Gasteiger partial charge in [-0.25, -0.2) is 4.39 Å². The van der Waals surface area contributed by atoms with Gasteiger partial charge in [0.05, 0.1) is 33.5 Å². The van der Waals surface area contributed by atoms with Crippen LogP contribution in [0.4, 0.5) is 10.1 Å². The van der Waals surface area contributed by atoms with Crippen LogP contribution in [-0.2, 0) is 6.54 Å². The standard InChI is InChI=1S/C23H24ClFN2O3/c1-12-7-10-15(24)18(19(12)25)21(28)26-16-6-4-5-14-11-27(22(29)17(14)16)20(13-8-9-13)23(2,3)30/h4-7,10,13,20,30H,8-9,11H2,1-3H3,(H,26,28)/t20-/m1/s1. The van der Waals surface area contributed by atoms with Crippen LogP contribution in [0, 0.1) is 18.7 Å². The number of carbonyl (C=O) groups is 2. The lowest BCUT2D eigenvalue weighted by molar-refractivity contribution is -0.0224. The minimum absolute atomic E-state index is 0.00644. The van der Waals surface area contributed by atoms with E-state index >= 15 is 0 Å². The molecule has 2 amide bonds. The van der Waals surface area contributed by atoms with Crippen molar-refractivity contribution < 1.29 is 19.1 Å². The van der Waals surface area contributed by atoms with Crippen LogP contribution < -0.4 is 5.32 Å². The Bertz CT molecular complexity index is 1040. The number of aryl methyl sites for hydroxylation is 1. The summed E-state index contributed by atoms with van der Waals surface area (Å²) in [7, 11) is 0. The molecule has 1 aliphatic heterocycles. The minimum Gasteiger partial charge on any atom is -0.388 e. The molecule has 7 heteroatoms. The van der Waals surface area contributed by atoms with Crippen LogP contribution in [0.5, 0.6) is 0 Å². The van der Waals surface area contributed by atoms with Gasteiger partial charge in [0.2, 0.25) is 0 Å². The predicted octanol–water partition coefficient (Wildman–Crippen LogP) is 4.55. The highest BCUT2D eigenvalue weighted by Crippen LogP contribution is 2.43. The molecule has 0 spiro atoms. The van der Waals surface area contributed by atoms with Crippen molar-refractivity contribution in [3.05, 3.63) is 63.4 Å². The lowest BCUT2D eigenvalue weighted by Gasteiger charge is -2.37. The summed E-state index contributed by atoms with van der Waals surface area (Å²) in [4.78, 5) is 27.8. The molecule has 1 atom stereocenters. The van der Waals surface area contributed by atoms with E-state index in [0.29, 0.717) is 23.4 Å². The van der Waals surface area contributed by atoms with Gasteiger partial charge in [-0.2, -0.15) is 0 Å². The first-order valence-corrected chi connectivity index (χ1v) is 10.4. The average molecular weight is 431 g/mol. The summed E-state index contributed by atoms with van der Waals surface area (Å²) in [6, 6.07) is 7.87. The van der Waals surface area contributed by atoms with E-state index in [4.69, 9.17) is 11.6 Å². The second-order valence-electron chi connectivity index (χ2n) is 8.72. The molecule has 2 aromatic carbocycles. The van der Waals surface area contributed by atoms with Crippen LogP contribution >= 0.6 is 11.6 Å². The van der Waals surface area contributed by atoms with E-state index in [-0.39, 0.29) is 28.5 Å². The molecular weight excluding hydrogens is 407 g/mol. The molecule has 4 rings (SSSR count). The van der Waals surface area contributed by atoms with Crippen LogP contribution in [0.25, 0.3) is 0 Å². The van der Waals surface area contributed by atoms with Crippen LogP contribution in [0.1, 0.15) is 58.5 Å². The zero-order chi connectivity index (χ0) is 21.8. The molecule has 0 saturated heterocycles. The first-order chi connectivity index (χ1) is 14.1. The number of carbonyl (C=O) groups excluding carboxylic acids is 2. The van der Waals surface area contributed by atoms with Crippen molar-refractivity contribution in [1.29, 1.82) is 0 Å². The monoisotopic (exact) mass is 430 g/mol. The maximum Gasteiger partial charge on any atom is 0.260 e. The van der Waals surface area contributed by atoms with Gasteiger partial charge in [-0.1, -0.05) is 29.8 Å². The predicted molar refractivity (Wildman–Crippen MR) is 113 cm³/mol. The maximum absolute atomic E-state index is 14.5. The van der Waals surface area contributed by atoms with Crippen molar-refractivity contribution in [2.75, 3.05) is 5.32 Å². The molecule has 2 N–H and O–H groups in total. The van der Waals surface area contributed by atoms with Gasteiger partial charge in [0.1, 0.15) is 5.82 Å². The number of amides is 2. The highest BCUT2D eigenvalue weighted by molar-refractivity contribution is 6.34. The number of fused-ring (bicyclic) bond motifs is 1. The Labute approximate surface area is 179 Å². The maximum atomic E-state index is 14.5. The van der Waals surface area contributed by atoms with E-state index < -0.39 is 17.3 Å². The van der Waals surface area contributed by atoms with Gasteiger partial charge in [-0.05, 0) is 62.8 Å². The zero-order valence-corrected chi connectivity index (χ0v) is 17.9. The second kappa shape index (κ2) is 7.36. The van der Waals surface area contributed by atoms with E-state index in [9.17, 15) is 19.1 Å². The first-order valence-electron chi connectivity index (χ1n) is 10.0. The molecule has 0 aromatic heterocycles. The number of rotatable bonds is 5. The molecule has 5 nitrogen and oxygen atoms in total. The van der Waals surface area contributed by atoms with Gasteiger partial charge in [0.25, 0.3) is 11.8 Å². The summed E-state index contributed by atoms with van der Waals surface area (Å²) in [5, 5.41) is 13.3. The summed E-state index contributed by atoms with van der Waals surface area (Å²) in [5.74, 6) is -1.37. The number of hydrogen-bond acceptors (Lipinski definition) is 3. The number of anilines is 1. The fourth-order valence-electron chi connectivity index (χ4n) is 4.39. The molecule has 2 aliphatic rings. The third-order valence-corrected chi connectivity index (χ3v) is 6.17. The average Bonchev–Trinajstić information content (AvgIpc) is 3.42. The van der Waals surface area contributed by atoms with Crippen molar-refractivity contribution in [2.24, 2.45) is 5.92 Å². The van der Waals surface area contributed by atoms with E-state index in [0.717, 1.165) is 18.4 Å². The Morgan fingerprint density at radius 1 is 1.30 bits per heavy atom. The van der Waals surface area contributed by atoms with Crippen molar-refractivity contribution in [2.45, 2.75) is 51.8 Å². The van der Waals surface area contributed by atoms with Gasteiger partial charge in [0, 0.05) is 6.54 Å². The zero-order valence-electron chi connectivity index (χ0n) is 17.1. The van der Waals surface area contributed by atoms with Crippen molar-refractivity contribution in [3.8, 4) is 0 Å². The molecule has 158 valence electrons. The molecule has 1 heterocycles. The van der Waals surface area contributed by atoms with E-state index in [1.807, 2.05) is 6.07 Å². The molecule has 1 saturated carbocycles. The summed E-state index contributed by atoms with van der Waals surface area (Å²) in [6.07, 6.45) is 1.95. The summed E-state index contributed by atoms with van der Waals surface area (Å²) in [6.45, 7) is 5.36. The minimum atomic E-state index is -1.04. The topological polar surface area (TPSA) is 69.6 Å². The Morgan fingerprint density at radius 2 is 2.00 bits per heavy atom. The fraction of sp³-hybridized carbons (Fsp3) is 0.391. The Morgan fingerprint density at radius 3 is 2.63 bits per heavy atom. The summed E-state index contributed by atoms with van der Waals surface area (Å²) < 4.78 is 14.5. The van der Waals surface area contributed by atoms with Crippen LogP contribution in [0.3, 0.4) is 0 Å². The number of halogens is 2. The van der Waals surface area contributed by atoms with Crippen molar-refractivity contribution in [1.82, 2.24) is 4.90 Å². The third kappa shape index (κ3) is 3.59. The number of nitrogens with zero attached hydrogens (tertiary/aromatic N) is 1. The Balaban J connectivity index is 1.66. The lowest BCUT2D eigenvalue weighted by Crippen LogP contribution is -2.51. The van der Waals surface area contributed by atoms with Gasteiger partial charge in [0.15, 0.2) is 0 Å².